The molecule has 2 aliphatic heterocycles. The van der Waals surface area contributed by atoms with E-state index < -0.39 is 6.10 Å². The van der Waals surface area contributed by atoms with Crippen LogP contribution in [0.5, 0.6) is 0 Å². The van der Waals surface area contributed by atoms with E-state index in [0.29, 0.717) is 18.4 Å². The molecule has 2 fully saturated rings. The largest absolute Gasteiger partial charge is 0.469 e. The fraction of sp³-hybridized carbons (Fsp3) is 0.571. The molecule has 0 radical (unpaired) electrons. The minimum absolute atomic E-state index is 0.199. The fourth-order valence-electron chi connectivity index (χ4n) is 5.80. The molecule has 2 N–H and O–H groups in total. The second-order valence-electron chi connectivity index (χ2n) is 8.18. The van der Waals surface area contributed by atoms with E-state index >= 15 is 0 Å². The summed E-state index contributed by atoms with van der Waals surface area (Å²) in [4.78, 5) is 18.6. The summed E-state index contributed by atoms with van der Waals surface area (Å²) < 4.78 is 5.04. The first-order valence-electron chi connectivity index (χ1n) is 9.76. The number of benzene rings is 1. The predicted octanol–water partition coefficient (Wildman–Crippen LogP) is 2.65. The highest BCUT2D eigenvalue weighted by Gasteiger charge is 2.49. The zero-order valence-electron chi connectivity index (χ0n) is 15.1. The number of piperidine rings is 1. The van der Waals surface area contributed by atoms with Crippen LogP contribution in [0.2, 0.25) is 0 Å². The zero-order valence-corrected chi connectivity index (χ0v) is 15.1. The van der Waals surface area contributed by atoms with Crippen LogP contribution in [0.4, 0.5) is 0 Å². The molecule has 1 aliphatic carbocycles. The summed E-state index contributed by atoms with van der Waals surface area (Å²) in [7, 11) is 1.43. The van der Waals surface area contributed by atoms with Gasteiger partial charge in [0.15, 0.2) is 0 Å². The Kier molecular flexibility index (Phi) is 3.83. The number of hydrogen-bond donors (Lipinski definition) is 2. The Morgan fingerprint density at radius 1 is 1.31 bits per heavy atom. The van der Waals surface area contributed by atoms with Gasteiger partial charge in [-0.3, -0.25) is 9.69 Å². The zero-order chi connectivity index (χ0) is 17.8. The van der Waals surface area contributed by atoms with Crippen LogP contribution >= 0.6 is 0 Å². The molecular formula is C21H26N2O3. The van der Waals surface area contributed by atoms with Crippen LogP contribution in [0.25, 0.3) is 10.9 Å². The van der Waals surface area contributed by atoms with E-state index in [1.54, 1.807) is 0 Å². The molecule has 2 aromatic rings. The molecule has 1 unspecified atom stereocenters. The van der Waals surface area contributed by atoms with Crippen molar-refractivity contribution in [2.24, 2.45) is 17.8 Å². The maximum Gasteiger partial charge on any atom is 0.311 e. The smallest absolute Gasteiger partial charge is 0.311 e. The van der Waals surface area contributed by atoms with Gasteiger partial charge in [0.2, 0.25) is 0 Å². The van der Waals surface area contributed by atoms with Crippen molar-refractivity contribution in [3.05, 3.63) is 35.5 Å². The van der Waals surface area contributed by atoms with Crippen LogP contribution in [0.1, 0.15) is 36.6 Å². The summed E-state index contributed by atoms with van der Waals surface area (Å²) in [5.41, 5.74) is 3.96. The van der Waals surface area contributed by atoms with Gasteiger partial charge in [0.05, 0.1) is 25.2 Å². The van der Waals surface area contributed by atoms with E-state index in [1.165, 1.54) is 29.3 Å². The van der Waals surface area contributed by atoms with Crippen molar-refractivity contribution in [1.82, 2.24) is 9.88 Å². The minimum atomic E-state index is -0.568. The van der Waals surface area contributed by atoms with Gasteiger partial charge < -0.3 is 14.8 Å². The molecule has 138 valence electrons. The molecule has 0 bridgehead atoms. The number of esters is 1. The lowest BCUT2D eigenvalue weighted by Crippen LogP contribution is -2.53. The topological polar surface area (TPSA) is 65.6 Å². The molecule has 5 nitrogen and oxygen atoms in total. The van der Waals surface area contributed by atoms with Crippen molar-refractivity contribution in [3.8, 4) is 0 Å². The maximum absolute atomic E-state index is 12.4. The van der Waals surface area contributed by atoms with Crippen molar-refractivity contribution in [2.75, 3.05) is 20.2 Å². The van der Waals surface area contributed by atoms with Crippen LogP contribution in [0, 0.1) is 17.8 Å². The molecule has 0 amide bonds. The highest BCUT2D eigenvalue weighted by molar-refractivity contribution is 5.85. The summed E-state index contributed by atoms with van der Waals surface area (Å²) in [5.74, 6) is 0.0541. The standard InChI is InChI=1S/C21H26N2O3/c1-26-21(25)19-15-10-17-20-14(13-4-2-3-5-16(13)22-20)8-9-23(17)11-12(15)6-7-18(19)24/h2-5,12,15,17-19,22,24H,6-11H2,1H3/t12-,15+,17?,18+,19+/m0/s1. The number of aromatic nitrogens is 1. The van der Waals surface area contributed by atoms with Gasteiger partial charge in [-0.15, -0.1) is 0 Å². The molecule has 1 aromatic heterocycles. The van der Waals surface area contributed by atoms with Gasteiger partial charge in [-0.2, -0.15) is 0 Å². The van der Waals surface area contributed by atoms with Crippen molar-refractivity contribution in [1.29, 1.82) is 0 Å². The third-order valence-corrected chi connectivity index (χ3v) is 7.02. The van der Waals surface area contributed by atoms with Gasteiger partial charge in [-0.1, -0.05) is 18.2 Å². The third-order valence-electron chi connectivity index (χ3n) is 7.02. The van der Waals surface area contributed by atoms with Crippen LogP contribution in [0.3, 0.4) is 0 Å². The van der Waals surface area contributed by atoms with Crippen LogP contribution in [-0.2, 0) is 16.0 Å². The van der Waals surface area contributed by atoms with E-state index in [0.717, 1.165) is 32.4 Å². The molecular weight excluding hydrogens is 328 g/mol. The van der Waals surface area contributed by atoms with E-state index in [2.05, 4.69) is 34.1 Å². The molecule has 1 aromatic carbocycles. The summed E-state index contributed by atoms with van der Waals surface area (Å²) in [6, 6.07) is 8.83. The van der Waals surface area contributed by atoms with Crippen molar-refractivity contribution >= 4 is 16.9 Å². The van der Waals surface area contributed by atoms with Gasteiger partial charge in [0, 0.05) is 29.7 Å². The van der Waals surface area contributed by atoms with Crippen molar-refractivity contribution in [2.45, 2.75) is 37.8 Å². The Morgan fingerprint density at radius 2 is 2.15 bits per heavy atom. The van der Waals surface area contributed by atoms with Crippen LogP contribution in [-0.4, -0.2) is 47.3 Å². The number of hydrogen-bond acceptors (Lipinski definition) is 4. The molecule has 1 saturated heterocycles. The molecule has 5 atom stereocenters. The Balaban J connectivity index is 1.52. The number of rotatable bonds is 1. The molecule has 3 heterocycles. The Bertz CT molecular complexity index is 845. The van der Waals surface area contributed by atoms with Crippen LogP contribution < -0.4 is 0 Å². The van der Waals surface area contributed by atoms with E-state index in [9.17, 15) is 9.90 Å². The number of H-pyrrole nitrogens is 1. The van der Waals surface area contributed by atoms with Gasteiger partial charge in [-0.25, -0.2) is 0 Å². The number of carbonyl (C=O) groups is 1. The van der Waals surface area contributed by atoms with Crippen LogP contribution in [0.15, 0.2) is 24.3 Å². The molecule has 5 heteroatoms. The number of fused-ring (bicyclic) bond motifs is 6. The first-order valence-corrected chi connectivity index (χ1v) is 9.76. The van der Waals surface area contributed by atoms with Gasteiger partial charge in [0.25, 0.3) is 0 Å². The first-order chi connectivity index (χ1) is 12.7. The van der Waals surface area contributed by atoms with Gasteiger partial charge in [0.1, 0.15) is 0 Å². The lowest BCUT2D eigenvalue weighted by atomic mass is 9.65. The number of para-hydroxylation sites is 1. The number of aliphatic hydroxyl groups is 1. The number of nitrogens with one attached hydrogen (secondary N) is 1. The quantitative estimate of drug-likeness (QED) is 0.773. The van der Waals surface area contributed by atoms with E-state index in [4.69, 9.17) is 4.74 Å². The van der Waals surface area contributed by atoms with Gasteiger partial charge in [-0.05, 0) is 49.1 Å². The summed E-state index contributed by atoms with van der Waals surface area (Å²) in [6.07, 6.45) is 3.14. The number of ether oxygens (including phenoxy) is 1. The maximum atomic E-state index is 12.4. The predicted molar refractivity (Wildman–Crippen MR) is 98.7 cm³/mol. The highest BCUT2D eigenvalue weighted by Crippen LogP contribution is 2.49. The molecule has 0 spiro atoms. The molecule has 5 rings (SSSR count). The summed E-state index contributed by atoms with van der Waals surface area (Å²) in [6.45, 7) is 2.10. The second-order valence-corrected chi connectivity index (χ2v) is 8.18. The average molecular weight is 354 g/mol. The molecule has 26 heavy (non-hydrogen) atoms. The number of aromatic amines is 1. The van der Waals surface area contributed by atoms with E-state index in [-0.39, 0.29) is 17.8 Å². The summed E-state index contributed by atoms with van der Waals surface area (Å²) in [5, 5.41) is 11.8. The lowest BCUT2D eigenvalue weighted by molar-refractivity contribution is -0.160. The van der Waals surface area contributed by atoms with Crippen molar-refractivity contribution in [3.63, 3.8) is 0 Å². The average Bonchev–Trinajstić information content (AvgIpc) is 3.05. The number of methoxy groups -OCH3 is 1. The Morgan fingerprint density at radius 3 is 3.00 bits per heavy atom. The fourth-order valence-corrected chi connectivity index (χ4v) is 5.80. The second kappa shape index (κ2) is 6.10. The third kappa shape index (κ3) is 2.33. The monoisotopic (exact) mass is 354 g/mol. The first kappa shape index (κ1) is 16.3. The number of nitrogens with zero attached hydrogens (tertiary/aromatic N) is 1. The Hall–Kier alpha value is -1.85. The minimum Gasteiger partial charge on any atom is -0.469 e. The SMILES string of the molecule is COC(=O)[C@@H]1[C@@H]2CC3c4[nH]c5ccccc5c4CCN3C[C@@H]2CC[C@H]1O. The van der Waals surface area contributed by atoms with Gasteiger partial charge >= 0.3 is 5.97 Å². The van der Waals surface area contributed by atoms with Crippen molar-refractivity contribution < 1.29 is 14.6 Å². The lowest BCUT2D eigenvalue weighted by Gasteiger charge is -2.50. The highest BCUT2D eigenvalue weighted by atomic mass is 16.5. The van der Waals surface area contributed by atoms with E-state index in [1.807, 2.05) is 0 Å². The number of carbonyl (C=O) groups excluding carboxylic acids is 1. The molecule has 1 saturated carbocycles. The summed E-state index contributed by atoms with van der Waals surface area (Å²) >= 11 is 0. The molecule has 3 aliphatic rings. The Labute approximate surface area is 153 Å². The number of aliphatic hydroxyl groups excluding tert-OH is 1. The normalized spacial score (nSPS) is 34.0.